The van der Waals surface area contributed by atoms with Crippen LogP contribution in [0.1, 0.15) is 11.1 Å². The maximum Gasteiger partial charge on any atom is 0.298 e. The predicted octanol–water partition coefficient (Wildman–Crippen LogP) is 1.89. The smallest absolute Gasteiger partial charge is 0.298 e. The zero-order valence-corrected chi connectivity index (χ0v) is 9.39. The van der Waals surface area contributed by atoms with E-state index in [2.05, 4.69) is 10.3 Å². The van der Waals surface area contributed by atoms with Crippen LogP contribution in [0.3, 0.4) is 0 Å². The monoisotopic (exact) mass is 233 g/mol. The first-order valence-corrected chi connectivity index (χ1v) is 4.99. The molecule has 6 nitrogen and oxygen atoms in total. The Labute approximate surface area is 96.5 Å². The second-order valence-electron chi connectivity index (χ2n) is 3.81. The molecule has 0 saturated heterocycles. The summed E-state index contributed by atoms with van der Waals surface area (Å²) in [5.41, 5.74) is 1.45. The molecule has 17 heavy (non-hydrogen) atoms. The van der Waals surface area contributed by atoms with Crippen LogP contribution < -0.4 is 5.56 Å². The molecule has 0 spiro atoms. The minimum atomic E-state index is -0.712. The fraction of sp³-hybridized carbons (Fsp3) is 0.182. The molecule has 2 N–H and O–H groups in total. The number of rotatable bonds is 2. The van der Waals surface area contributed by atoms with Crippen molar-refractivity contribution >= 4 is 5.69 Å². The van der Waals surface area contributed by atoms with Crippen molar-refractivity contribution in [1.29, 1.82) is 0 Å². The first-order valence-electron chi connectivity index (χ1n) is 4.99. The fourth-order valence-electron chi connectivity index (χ4n) is 1.55. The maximum atomic E-state index is 11.3. The highest BCUT2D eigenvalue weighted by Crippen LogP contribution is 2.25. The molecule has 88 valence electrons. The van der Waals surface area contributed by atoms with Crippen molar-refractivity contribution in [3.8, 4) is 11.6 Å². The summed E-state index contributed by atoms with van der Waals surface area (Å²) in [4.78, 5) is 21.7. The molecule has 0 aliphatic rings. The van der Waals surface area contributed by atoms with Crippen LogP contribution in [0.25, 0.3) is 5.69 Å². The maximum absolute atomic E-state index is 11.3. The largest absolute Gasteiger partial charge is 0.492 e. The minimum Gasteiger partial charge on any atom is -0.492 e. The number of hydrogen-bond donors (Lipinski definition) is 2. The van der Waals surface area contributed by atoms with Gasteiger partial charge in [0.2, 0.25) is 11.6 Å². The summed E-state index contributed by atoms with van der Waals surface area (Å²) in [7, 11) is 0. The molecule has 0 aliphatic carbocycles. The molecule has 2 rings (SSSR count). The van der Waals surface area contributed by atoms with Crippen LogP contribution >= 0.6 is 0 Å². The van der Waals surface area contributed by atoms with E-state index in [0.717, 1.165) is 15.8 Å². The molecule has 0 aliphatic heterocycles. The fourth-order valence-corrected chi connectivity index (χ4v) is 1.55. The van der Waals surface area contributed by atoms with Gasteiger partial charge >= 0.3 is 0 Å². The SMILES string of the molecule is Cc1ccc(-n2[nH]c(=O)c(N=O)c2O)cc1C. The molecular weight excluding hydrogens is 222 g/mol. The first-order chi connectivity index (χ1) is 8.04. The van der Waals surface area contributed by atoms with E-state index in [1.807, 2.05) is 19.9 Å². The summed E-state index contributed by atoms with van der Waals surface area (Å²) in [6.45, 7) is 3.87. The van der Waals surface area contributed by atoms with Crippen LogP contribution in [0, 0.1) is 18.8 Å². The van der Waals surface area contributed by atoms with Crippen molar-refractivity contribution in [1.82, 2.24) is 9.78 Å². The molecule has 0 amide bonds. The van der Waals surface area contributed by atoms with Gasteiger partial charge in [-0.15, -0.1) is 4.91 Å². The number of aromatic nitrogens is 2. The molecule has 2 aromatic rings. The molecule has 1 aromatic carbocycles. The molecule has 0 unspecified atom stereocenters. The Morgan fingerprint density at radius 1 is 1.29 bits per heavy atom. The number of H-pyrrole nitrogens is 1. The topological polar surface area (TPSA) is 87.5 Å². The number of nitrogens with zero attached hydrogens (tertiary/aromatic N) is 2. The summed E-state index contributed by atoms with van der Waals surface area (Å²) < 4.78 is 1.13. The van der Waals surface area contributed by atoms with Gasteiger partial charge in [-0.05, 0) is 42.3 Å². The average Bonchev–Trinajstić information content (AvgIpc) is 2.58. The van der Waals surface area contributed by atoms with Crippen molar-refractivity contribution < 1.29 is 5.11 Å². The number of aromatic amines is 1. The zero-order valence-electron chi connectivity index (χ0n) is 9.39. The van der Waals surface area contributed by atoms with Crippen LogP contribution in [-0.2, 0) is 0 Å². The van der Waals surface area contributed by atoms with Crippen molar-refractivity contribution in [3.05, 3.63) is 44.6 Å². The Kier molecular flexibility index (Phi) is 2.55. The van der Waals surface area contributed by atoms with Gasteiger partial charge in [0.1, 0.15) is 0 Å². The highest BCUT2D eigenvalue weighted by molar-refractivity contribution is 5.50. The summed E-state index contributed by atoms with van der Waals surface area (Å²) in [6, 6.07) is 5.38. The van der Waals surface area contributed by atoms with Crippen LogP contribution in [0.2, 0.25) is 0 Å². The third-order valence-corrected chi connectivity index (χ3v) is 2.69. The Hall–Kier alpha value is -2.37. The molecule has 0 radical (unpaired) electrons. The van der Waals surface area contributed by atoms with Crippen LogP contribution in [0.5, 0.6) is 5.88 Å². The molecule has 0 fully saturated rings. The zero-order chi connectivity index (χ0) is 12.6. The van der Waals surface area contributed by atoms with Gasteiger partial charge in [0.25, 0.3) is 5.56 Å². The lowest BCUT2D eigenvalue weighted by Crippen LogP contribution is -2.04. The van der Waals surface area contributed by atoms with Gasteiger partial charge in [0, 0.05) is 0 Å². The van der Waals surface area contributed by atoms with Crippen LogP contribution in [0.4, 0.5) is 5.69 Å². The minimum absolute atomic E-state index is 0.478. The molecular formula is C11H11N3O3. The van der Waals surface area contributed by atoms with Crippen molar-refractivity contribution in [3.63, 3.8) is 0 Å². The van der Waals surface area contributed by atoms with E-state index in [4.69, 9.17) is 0 Å². The van der Waals surface area contributed by atoms with Gasteiger partial charge in [-0.3, -0.25) is 9.89 Å². The third kappa shape index (κ3) is 1.73. The number of aryl methyl sites for hydroxylation is 2. The second-order valence-corrected chi connectivity index (χ2v) is 3.81. The molecule has 1 aromatic heterocycles. The lowest BCUT2D eigenvalue weighted by molar-refractivity contribution is 0.435. The summed E-state index contributed by atoms with van der Waals surface area (Å²) in [5, 5.41) is 14.5. The van der Waals surface area contributed by atoms with Gasteiger partial charge in [-0.25, -0.2) is 4.68 Å². The highest BCUT2D eigenvalue weighted by atomic mass is 16.3. The van der Waals surface area contributed by atoms with E-state index in [1.54, 1.807) is 12.1 Å². The van der Waals surface area contributed by atoms with Crippen molar-refractivity contribution in [2.45, 2.75) is 13.8 Å². The normalized spacial score (nSPS) is 10.5. The number of hydrogen-bond acceptors (Lipinski definition) is 4. The van der Waals surface area contributed by atoms with E-state index >= 15 is 0 Å². The molecule has 0 bridgehead atoms. The van der Waals surface area contributed by atoms with Gasteiger partial charge in [-0.2, -0.15) is 0 Å². The summed E-state index contributed by atoms with van der Waals surface area (Å²) in [5.74, 6) is -0.478. The predicted molar refractivity (Wildman–Crippen MR) is 63.0 cm³/mol. The van der Waals surface area contributed by atoms with E-state index in [-0.39, 0.29) is 0 Å². The Bertz CT molecular complexity index is 640. The number of nitroso groups, excluding NO2 is 1. The van der Waals surface area contributed by atoms with E-state index < -0.39 is 17.1 Å². The summed E-state index contributed by atoms with van der Waals surface area (Å²) in [6.07, 6.45) is 0. The molecule has 1 heterocycles. The third-order valence-electron chi connectivity index (χ3n) is 2.69. The lowest BCUT2D eigenvalue weighted by atomic mass is 10.1. The number of aromatic hydroxyl groups is 1. The van der Waals surface area contributed by atoms with Crippen molar-refractivity contribution in [2.75, 3.05) is 0 Å². The Morgan fingerprint density at radius 2 is 2.00 bits per heavy atom. The Morgan fingerprint density at radius 3 is 2.53 bits per heavy atom. The van der Waals surface area contributed by atoms with E-state index in [1.165, 1.54) is 0 Å². The molecule has 6 heteroatoms. The average molecular weight is 233 g/mol. The van der Waals surface area contributed by atoms with Gasteiger partial charge in [0.15, 0.2) is 0 Å². The molecule has 0 atom stereocenters. The van der Waals surface area contributed by atoms with Gasteiger partial charge in [-0.1, -0.05) is 6.07 Å². The van der Waals surface area contributed by atoms with Gasteiger partial charge in [0.05, 0.1) is 5.69 Å². The van der Waals surface area contributed by atoms with Crippen molar-refractivity contribution in [2.24, 2.45) is 5.18 Å². The standard InChI is InChI=1S/C11H11N3O3/c1-6-3-4-8(5-7(6)2)14-11(16)9(13-17)10(15)12-14/h3-5,16H,1-2H3,(H,12,15). The van der Waals surface area contributed by atoms with E-state index in [0.29, 0.717) is 5.69 Å². The number of nitrogens with one attached hydrogen (secondary N) is 1. The van der Waals surface area contributed by atoms with Crippen LogP contribution in [-0.4, -0.2) is 14.9 Å². The first kappa shape index (κ1) is 11.1. The summed E-state index contributed by atoms with van der Waals surface area (Å²) >= 11 is 0. The lowest BCUT2D eigenvalue weighted by Gasteiger charge is -2.06. The quantitative estimate of drug-likeness (QED) is 0.776. The highest BCUT2D eigenvalue weighted by Gasteiger charge is 2.15. The van der Waals surface area contributed by atoms with Crippen LogP contribution in [0.15, 0.2) is 28.2 Å². The second kappa shape index (κ2) is 3.89. The Balaban J connectivity index is 2.65. The molecule has 0 saturated carbocycles. The number of benzene rings is 1. The van der Waals surface area contributed by atoms with E-state index in [9.17, 15) is 14.8 Å². The van der Waals surface area contributed by atoms with Gasteiger partial charge < -0.3 is 5.11 Å².